The van der Waals surface area contributed by atoms with Gasteiger partial charge in [0.25, 0.3) is 0 Å². The van der Waals surface area contributed by atoms with Crippen molar-refractivity contribution in [1.82, 2.24) is 0 Å². The third kappa shape index (κ3) is 4.37. The minimum atomic E-state index is -5.32. The van der Waals surface area contributed by atoms with E-state index in [-0.39, 0.29) is 18.6 Å². The molecule has 0 aliphatic heterocycles. The Balaban J connectivity index is 3.36. The van der Waals surface area contributed by atoms with Gasteiger partial charge in [-0.05, 0) is 18.1 Å². The predicted molar refractivity (Wildman–Crippen MR) is 61.6 cm³/mol. The number of alkyl halides is 6. The quantitative estimate of drug-likeness (QED) is 0.605. The van der Waals surface area contributed by atoms with Crippen LogP contribution in [0.5, 0.6) is 0 Å². The van der Waals surface area contributed by atoms with Crippen LogP contribution < -0.4 is 0 Å². The molecule has 0 atom stereocenters. The average Bonchev–Trinajstić information content (AvgIpc) is 2.32. The molecule has 1 rings (SSSR count). The standard InChI is InChI=1S/C13H12F6O2/c1-7(2)6-21-11(20)8-4-3-5-9(12(14,15)16)10(8)13(17,18)19/h3-5,7H,6H2,1-2H3. The number of esters is 1. The van der Waals surface area contributed by atoms with E-state index in [9.17, 15) is 31.1 Å². The molecule has 118 valence electrons. The summed E-state index contributed by atoms with van der Waals surface area (Å²) < 4.78 is 81.3. The Morgan fingerprint density at radius 3 is 2.10 bits per heavy atom. The molecule has 0 aliphatic carbocycles. The largest absolute Gasteiger partial charge is 0.462 e. The van der Waals surface area contributed by atoms with Crippen molar-refractivity contribution in [1.29, 1.82) is 0 Å². The molecule has 1 aromatic rings. The molecule has 8 heteroatoms. The number of benzene rings is 1. The molecule has 0 spiro atoms. The average molecular weight is 314 g/mol. The maximum Gasteiger partial charge on any atom is 0.417 e. The highest BCUT2D eigenvalue weighted by Crippen LogP contribution is 2.42. The second-order valence-electron chi connectivity index (χ2n) is 4.72. The minimum absolute atomic E-state index is 0.158. The van der Waals surface area contributed by atoms with Crippen molar-refractivity contribution in [2.24, 2.45) is 5.92 Å². The van der Waals surface area contributed by atoms with Gasteiger partial charge in [0.2, 0.25) is 0 Å². The number of rotatable bonds is 3. The van der Waals surface area contributed by atoms with Crippen molar-refractivity contribution in [2.45, 2.75) is 26.2 Å². The zero-order valence-electron chi connectivity index (χ0n) is 11.1. The predicted octanol–water partition coefficient (Wildman–Crippen LogP) is 4.54. The zero-order valence-corrected chi connectivity index (χ0v) is 11.1. The lowest BCUT2D eigenvalue weighted by Crippen LogP contribution is -2.22. The monoisotopic (exact) mass is 314 g/mol. The molecule has 0 radical (unpaired) electrons. The van der Waals surface area contributed by atoms with Crippen molar-refractivity contribution >= 4 is 5.97 Å². The van der Waals surface area contributed by atoms with Crippen LogP contribution in [0.15, 0.2) is 18.2 Å². The van der Waals surface area contributed by atoms with Crippen LogP contribution in [0.1, 0.15) is 35.3 Å². The van der Waals surface area contributed by atoms with Crippen LogP contribution in [-0.2, 0) is 17.1 Å². The van der Waals surface area contributed by atoms with E-state index in [2.05, 4.69) is 4.74 Å². The molecule has 0 unspecified atom stereocenters. The van der Waals surface area contributed by atoms with Crippen LogP contribution in [0, 0.1) is 5.92 Å². The molecule has 0 saturated heterocycles. The Morgan fingerprint density at radius 2 is 1.67 bits per heavy atom. The third-order valence-corrected chi connectivity index (χ3v) is 2.42. The van der Waals surface area contributed by atoms with Crippen molar-refractivity contribution in [3.05, 3.63) is 34.9 Å². The van der Waals surface area contributed by atoms with Crippen molar-refractivity contribution < 1.29 is 35.9 Å². The second-order valence-corrected chi connectivity index (χ2v) is 4.72. The summed E-state index contributed by atoms with van der Waals surface area (Å²) in [5.41, 5.74) is -5.07. The molecule has 0 aromatic heterocycles. The van der Waals surface area contributed by atoms with E-state index in [4.69, 9.17) is 0 Å². The molecular weight excluding hydrogens is 302 g/mol. The number of carbonyl (C=O) groups excluding carboxylic acids is 1. The maximum absolute atomic E-state index is 12.9. The van der Waals surface area contributed by atoms with Gasteiger partial charge < -0.3 is 4.74 Å². The van der Waals surface area contributed by atoms with E-state index in [0.717, 1.165) is 6.07 Å². The van der Waals surface area contributed by atoms with E-state index in [1.807, 2.05) is 0 Å². The van der Waals surface area contributed by atoms with E-state index >= 15 is 0 Å². The first-order chi connectivity index (χ1) is 9.44. The SMILES string of the molecule is CC(C)COC(=O)c1cccc(C(F)(F)F)c1C(F)(F)F. The van der Waals surface area contributed by atoms with Crippen LogP contribution in [0.2, 0.25) is 0 Å². The molecule has 0 heterocycles. The van der Waals surface area contributed by atoms with Crippen LogP contribution in [-0.4, -0.2) is 12.6 Å². The minimum Gasteiger partial charge on any atom is -0.462 e. The smallest absolute Gasteiger partial charge is 0.417 e. The van der Waals surface area contributed by atoms with Gasteiger partial charge in [-0.25, -0.2) is 4.79 Å². The fourth-order valence-electron chi connectivity index (χ4n) is 1.58. The second kappa shape index (κ2) is 5.95. The summed E-state index contributed by atoms with van der Waals surface area (Å²) in [6, 6.07) is 1.69. The van der Waals surface area contributed by atoms with Gasteiger partial charge in [-0.2, -0.15) is 26.3 Å². The van der Waals surface area contributed by atoms with Gasteiger partial charge in [0.15, 0.2) is 0 Å². The van der Waals surface area contributed by atoms with Gasteiger partial charge in [0.05, 0.1) is 23.3 Å². The van der Waals surface area contributed by atoms with E-state index < -0.39 is 35.0 Å². The zero-order chi connectivity index (χ0) is 16.4. The topological polar surface area (TPSA) is 26.3 Å². The number of ether oxygens (including phenoxy) is 1. The summed E-state index contributed by atoms with van der Waals surface area (Å²) in [6.07, 6.45) is -10.5. The van der Waals surface area contributed by atoms with Crippen molar-refractivity contribution in [2.75, 3.05) is 6.61 Å². The fourth-order valence-corrected chi connectivity index (χ4v) is 1.58. The number of carbonyl (C=O) groups is 1. The van der Waals surface area contributed by atoms with Crippen LogP contribution >= 0.6 is 0 Å². The Bertz CT molecular complexity index is 516. The summed E-state index contributed by atoms with van der Waals surface area (Å²) in [5, 5.41) is 0. The van der Waals surface area contributed by atoms with E-state index in [1.165, 1.54) is 0 Å². The molecule has 21 heavy (non-hydrogen) atoms. The summed E-state index contributed by atoms with van der Waals surface area (Å²) in [4.78, 5) is 11.6. The molecule has 2 nitrogen and oxygen atoms in total. The van der Waals surface area contributed by atoms with Gasteiger partial charge in [0, 0.05) is 0 Å². The molecule has 0 amide bonds. The van der Waals surface area contributed by atoms with Crippen molar-refractivity contribution in [3.8, 4) is 0 Å². The maximum atomic E-state index is 12.9. The van der Waals surface area contributed by atoms with Crippen LogP contribution in [0.4, 0.5) is 26.3 Å². The highest BCUT2D eigenvalue weighted by molar-refractivity contribution is 5.91. The molecule has 0 bridgehead atoms. The number of hydrogen-bond donors (Lipinski definition) is 0. The Labute approximate surface area is 116 Å². The molecule has 1 aromatic carbocycles. The first-order valence-electron chi connectivity index (χ1n) is 5.89. The molecule has 0 saturated carbocycles. The van der Waals surface area contributed by atoms with Crippen LogP contribution in [0.25, 0.3) is 0 Å². The Morgan fingerprint density at radius 1 is 1.10 bits per heavy atom. The fraction of sp³-hybridized carbons (Fsp3) is 0.462. The van der Waals surface area contributed by atoms with Gasteiger partial charge in [-0.15, -0.1) is 0 Å². The summed E-state index contributed by atoms with van der Waals surface area (Å²) in [5.74, 6) is -1.59. The summed E-state index contributed by atoms with van der Waals surface area (Å²) in [6.45, 7) is 3.10. The normalized spacial score (nSPS) is 12.6. The van der Waals surface area contributed by atoms with Crippen LogP contribution in [0.3, 0.4) is 0 Å². The van der Waals surface area contributed by atoms with Crippen molar-refractivity contribution in [3.63, 3.8) is 0 Å². The highest BCUT2D eigenvalue weighted by atomic mass is 19.4. The molecular formula is C13H12F6O2. The first-order valence-corrected chi connectivity index (χ1v) is 5.89. The number of halogens is 6. The molecule has 0 N–H and O–H groups in total. The van der Waals surface area contributed by atoms with Gasteiger partial charge in [0.1, 0.15) is 0 Å². The molecule has 0 aliphatic rings. The first kappa shape index (κ1) is 17.3. The molecule has 0 fully saturated rings. The Hall–Kier alpha value is -1.73. The van der Waals surface area contributed by atoms with Gasteiger partial charge in [-0.3, -0.25) is 0 Å². The lowest BCUT2D eigenvalue weighted by atomic mass is 10.00. The lowest BCUT2D eigenvalue weighted by Gasteiger charge is -2.18. The van der Waals surface area contributed by atoms with Gasteiger partial charge >= 0.3 is 18.3 Å². The number of hydrogen-bond acceptors (Lipinski definition) is 2. The summed E-state index contributed by atoms with van der Waals surface area (Å²) in [7, 11) is 0. The van der Waals surface area contributed by atoms with E-state index in [0.29, 0.717) is 6.07 Å². The highest BCUT2D eigenvalue weighted by Gasteiger charge is 2.46. The lowest BCUT2D eigenvalue weighted by molar-refractivity contribution is -0.162. The third-order valence-electron chi connectivity index (χ3n) is 2.42. The Kier molecular flexibility index (Phi) is 4.91. The van der Waals surface area contributed by atoms with Gasteiger partial charge in [-0.1, -0.05) is 19.9 Å². The summed E-state index contributed by atoms with van der Waals surface area (Å²) >= 11 is 0. The van der Waals surface area contributed by atoms with E-state index in [1.54, 1.807) is 13.8 Å².